The van der Waals surface area contributed by atoms with E-state index >= 15 is 0 Å². The summed E-state index contributed by atoms with van der Waals surface area (Å²) in [6, 6.07) is 5.75. The van der Waals surface area contributed by atoms with E-state index in [9.17, 15) is 4.79 Å². The van der Waals surface area contributed by atoms with Crippen molar-refractivity contribution in [1.82, 2.24) is 5.32 Å². The van der Waals surface area contributed by atoms with E-state index in [1.807, 2.05) is 18.2 Å². The third-order valence-corrected chi connectivity index (χ3v) is 4.31. The number of amides is 1. The zero-order valence-electron chi connectivity index (χ0n) is 13.5. The second-order valence-corrected chi connectivity index (χ2v) is 6.10. The van der Waals surface area contributed by atoms with Gasteiger partial charge in [-0.15, -0.1) is 0 Å². The summed E-state index contributed by atoms with van der Waals surface area (Å²) in [5.41, 5.74) is 2.59. The third kappa shape index (κ3) is 4.73. The Morgan fingerprint density at radius 2 is 2.13 bits per heavy atom. The van der Waals surface area contributed by atoms with Crippen molar-refractivity contribution in [3.8, 4) is 11.5 Å². The summed E-state index contributed by atoms with van der Waals surface area (Å²) in [4.78, 5) is 11.9. The lowest BCUT2D eigenvalue weighted by atomic mass is 9.97. The molecule has 0 saturated heterocycles. The Labute approximate surface area is 137 Å². The number of hydrogen-bond donors (Lipinski definition) is 2. The van der Waals surface area contributed by atoms with E-state index in [4.69, 9.17) is 9.47 Å². The van der Waals surface area contributed by atoms with Crippen LogP contribution < -0.4 is 20.1 Å². The van der Waals surface area contributed by atoms with E-state index in [0.29, 0.717) is 13.1 Å². The van der Waals surface area contributed by atoms with E-state index in [1.54, 1.807) is 5.57 Å². The first-order valence-corrected chi connectivity index (χ1v) is 8.46. The molecular formula is C18H25N2O3+. The summed E-state index contributed by atoms with van der Waals surface area (Å²) in [6.45, 7) is 2.27. The number of rotatable bonds is 7. The maximum absolute atomic E-state index is 11.9. The summed E-state index contributed by atoms with van der Waals surface area (Å²) >= 11 is 0. The molecule has 3 rings (SSSR count). The Morgan fingerprint density at radius 3 is 3.00 bits per heavy atom. The predicted octanol–water partition coefficient (Wildman–Crippen LogP) is 1.49. The van der Waals surface area contributed by atoms with Crippen LogP contribution in [0.25, 0.3) is 0 Å². The number of ether oxygens (including phenoxy) is 2. The van der Waals surface area contributed by atoms with Gasteiger partial charge in [0.05, 0.1) is 6.54 Å². The molecule has 0 fully saturated rings. The second kappa shape index (κ2) is 8.02. The molecule has 124 valence electrons. The van der Waals surface area contributed by atoms with Crippen LogP contribution in [0.5, 0.6) is 11.5 Å². The van der Waals surface area contributed by atoms with Gasteiger partial charge in [-0.3, -0.25) is 4.79 Å². The number of nitrogens with two attached hydrogens (primary N) is 1. The van der Waals surface area contributed by atoms with E-state index in [0.717, 1.165) is 30.0 Å². The summed E-state index contributed by atoms with van der Waals surface area (Å²) in [5, 5.41) is 5.04. The minimum atomic E-state index is 0.0697. The first-order chi connectivity index (χ1) is 11.3. The number of nitrogens with one attached hydrogen (secondary N) is 1. The molecule has 1 aliphatic carbocycles. The monoisotopic (exact) mass is 317 g/mol. The van der Waals surface area contributed by atoms with Gasteiger partial charge in [0.2, 0.25) is 6.79 Å². The zero-order valence-corrected chi connectivity index (χ0v) is 13.5. The molecule has 5 nitrogen and oxygen atoms in total. The normalized spacial score (nSPS) is 16.1. The number of benzene rings is 1. The van der Waals surface area contributed by atoms with E-state index in [-0.39, 0.29) is 12.7 Å². The summed E-state index contributed by atoms with van der Waals surface area (Å²) in [6.07, 6.45) is 8.60. The van der Waals surface area contributed by atoms with E-state index in [1.165, 1.54) is 25.7 Å². The summed E-state index contributed by atoms with van der Waals surface area (Å²) in [7, 11) is 0. The minimum Gasteiger partial charge on any atom is -0.454 e. The standard InChI is InChI=1S/C18H24N2O3/c21-18(12-19-9-8-14-4-2-1-3-5-14)20-11-15-6-7-16-17(10-15)23-13-22-16/h4,6-7,10,19H,1-3,5,8-9,11-13H2,(H,20,21)/p+1. The maximum Gasteiger partial charge on any atom is 0.275 e. The van der Waals surface area contributed by atoms with Gasteiger partial charge in [-0.25, -0.2) is 0 Å². The number of quaternary nitrogens is 1. The second-order valence-electron chi connectivity index (χ2n) is 6.10. The van der Waals surface area contributed by atoms with Gasteiger partial charge in [-0.05, 0) is 43.4 Å². The van der Waals surface area contributed by atoms with Gasteiger partial charge in [0, 0.05) is 13.0 Å². The maximum atomic E-state index is 11.9. The molecule has 1 aliphatic heterocycles. The predicted molar refractivity (Wildman–Crippen MR) is 87.2 cm³/mol. The van der Waals surface area contributed by atoms with Crippen LogP contribution in [0.4, 0.5) is 0 Å². The molecule has 1 heterocycles. The van der Waals surface area contributed by atoms with Crippen LogP contribution in [0, 0.1) is 0 Å². The molecule has 23 heavy (non-hydrogen) atoms. The summed E-state index contributed by atoms with van der Waals surface area (Å²) < 4.78 is 10.6. The first-order valence-electron chi connectivity index (χ1n) is 8.46. The van der Waals surface area contributed by atoms with Crippen LogP contribution >= 0.6 is 0 Å². The van der Waals surface area contributed by atoms with Crippen molar-refractivity contribution in [3.05, 3.63) is 35.4 Å². The van der Waals surface area contributed by atoms with Gasteiger partial charge in [0.25, 0.3) is 5.91 Å². The number of carbonyl (C=O) groups is 1. The number of allylic oxidation sites excluding steroid dienone is 1. The average molecular weight is 317 g/mol. The lowest BCUT2D eigenvalue weighted by molar-refractivity contribution is -0.643. The SMILES string of the molecule is O=C(C[NH2+]CCC1=CCCCC1)NCc1ccc2c(c1)OCO2. The van der Waals surface area contributed by atoms with E-state index in [2.05, 4.69) is 16.7 Å². The van der Waals surface area contributed by atoms with Crippen molar-refractivity contribution >= 4 is 5.91 Å². The van der Waals surface area contributed by atoms with Gasteiger partial charge in [-0.2, -0.15) is 0 Å². The lowest BCUT2D eigenvalue weighted by Crippen LogP contribution is -2.86. The molecule has 1 amide bonds. The van der Waals surface area contributed by atoms with Crippen LogP contribution in [-0.2, 0) is 11.3 Å². The number of hydrogen-bond acceptors (Lipinski definition) is 3. The molecule has 0 saturated carbocycles. The fourth-order valence-electron chi connectivity index (χ4n) is 2.98. The van der Waals surface area contributed by atoms with Crippen molar-refractivity contribution in [2.24, 2.45) is 0 Å². The van der Waals surface area contributed by atoms with Gasteiger partial charge >= 0.3 is 0 Å². The molecule has 0 spiro atoms. The Morgan fingerprint density at radius 1 is 1.22 bits per heavy atom. The first kappa shape index (κ1) is 15.9. The highest BCUT2D eigenvalue weighted by molar-refractivity contribution is 5.76. The minimum absolute atomic E-state index is 0.0697. The quantitative estimate of drug-likeness (QED) is 0.591. The number of fused-ring (bicyclic) bond motifs is 1. The smallest absolute Gasteiger partial charge is 0.275 e. The van der Waals surface area contributed by atoms with Crippen LogP contribution in [0.3, 0.4) is 0 Å². The third-order valence-electron chi connectivity index (χ3n) is 4.31. The fourth-order valence-corrected chi connectivity index (χ4v) is 2.98. The molecular weight excluding hydrogens is 292 g/mol. The van der Waals surface area contributed by atoms with Crippen LogP contribution in [0.1, 0.15) is 37.7 Å². The topological polar surface area (TPSA) is 64.2 Å². The van der Waals surface area contributed by atoms with Gasteiger partial charge in [0.1, 0.15) is 0 Å². The average Bonchev–Trinajstić information content (AvgIpc) is 3.05. The van der Waals surface area contributed by atoms with E-state index < -0.39 is 0 Å². The van der Waals surface area contributed by atoms with Gasteiger partial charge in [-0.1, -0.05) is 17.7 Å². The molecule has 5 heteroatoms. The van der Waals surface area contributed by atoms with Crippen LogP contribution in [-0.4, -0.2) is 25.8 Å². The lowest BCUT2D eigenvalue weighted by Gasteiger charge is -2.11. The Hall–Kier alpha value is -2.01. The zero-order chi connectivity index (χ0) is 15.9. The van der Waals surface area contributed by atoms with Gasteiger partial charge in [0.15, 0.2) is 18.0 Å². The van der Waals surface area contributed by atoms with Crippen molar-refractivity contribution in [3.63, 3.8) is 0 Å². The molecule has 0 bridgehead atoms. The highest BCUT2D eigenvalue weighted by atomic mass is 16.7. The van der Waals surface area contributed by atoms with Crippen molar-refractivity contribution in [1.29, 1.82) is 0 Å². The summed E-state index contributed by atoms with van der Waals surface area (Å²) in [5.74, 6) is 1.59. The van der Waals surface area contributed by atoms with Crippen LogP contribution in [0.15, 0.2) is 29.8 Å². The number of carbonyl (C=O) groups excluding carboxylic acids is 1. The molecule has 0 radical (unpaired) electrons. The Balaban J connectivity index is 1.32. The molecule has 0 aromatic heterocycles. The van der Waals surface area contributed by atoms with Crippen molar-refractivity contribution in [2.75, 3.05) is 19.9 Å². The molecule has 0 unspecified atom stereocenters. The highest BCUT2D eigenvalue weighted by Gasteiger charge is 2.13. The molecule has 2 aliphatic rings. The highest BCUT2D eigenvalue weighted by Crippen LogP contribution is 2.32. The van der Waals surface area contributed by atoms with Crippen LogP contribution in [0.2, 0.25) is 0 Å². The van der Waals surface area contributed by atoms with Crippen molar-refractivity contribution < 1.29 is 19.6 Å². The van der Waals surface area contributed by atoms with Gasteiger partial charge < -0.3 is 20.1 Å². The van der Waals surface area contributed by atoms with Crippen molar-refractivity contribution in [2.45, 2.75) is 38.6 Å². The molecule has 0 atom stereocenters. The largest absolute Gasteiger partial charge is 0.454 e. The Bertz CT molecular complexity index is 584. The fraction of sp³-hybridized carbons (Fsp3) is 0.500. The molecule has 3 N–H and O–H groups in total. The molecule has 1 aromatic carbocycles. The Kier molecular flexibility index (Phi) is 5.53. The molecule has 1 aromatic rings.